The standard InChI is InChI=1S/C18H15ClIN3O3S/c19-14-15-13(27-16(14)20)8-10(21-15)17(25)22-11-7-9-3-1-2-4-12(9)23(5-6-24)18(11)26/h1-4,8,11,21,24H,5-7H2,(H,22,25). The number of carbonyl (C=O) groups excluding carboxylic acids is 2. The molecule has 3 aromatic rings. The van der Waals surface area contributed by atoms with E-state index in [1.54, 1.807) is 6.07 Å². The Hall–Kier alpha value is -1.62. The maximum Gasteiger partial charge on any atom is 0.268 e. The minimum Gasteiger partial charge on any atom is -0.395 e. The summed E-state index contributed by atoms with van der Waals surface area (Å²) in [6.45, 7) is 0.0409. The van der Waals surface area contributed by atoms with Gasteiger partial charge in [0.05, 0.1) is 24.7 Å². The number of aromatic nitrogens is 1. The summed E-state index contributed by atoms with van der Waals surface area (Å²) in [6, 6.07) is 8.59. The molecule has 2 amide bonds. The molecule has 1 unspecified atom stereocenters. The van der Waals surface area contributed by atoms with Crippen molar-refractivity contribution in [3.05, 3.63) is 49.5 Å². The topological polar surface area (TPSA) is 85.4 Å². The number of β-amino-alcohol motifs (C(OH)–C–C–N with tert-alkyl or cyclic N) is 1. The van der Waals surface area contributed by atoms with Crippen LogP contribution in [0.2, 0.25) is 5.02 Å². The number of aliphatic hydroxyl groups is 1. The van der Waals surface area contributed by atoms with E-state index in [2.05, 4.69) is 32.9 Å². The van der Waals surface area contributed by atoms with Crippen molar-refractivity contribution in [2.24, 2.45) is 0 Å². The number of carbonyl (C=O) groups is 2. The zero-order chi connectivity index (χ0) is 19.1. The Kier molecular flexibility index (Phi) is 5.15. The number of hydrogen-bond acceptors (Lipinski definition) is 4. The molecule has 0 bridgehead atoms. The second-order valence-corrected chi connectivity index (χ2v) is 9.43. The predicted octanol–water partition coefficient (Wildman–Crippen LogP) is 3.17. The fourth-order valence-electron chi connectivity index (χ4n) is 3.28. The number of thiophene rings is 1. The van der Waals surface area contributed by atoms with Crippen molar-refractivity contribution in [2.45, 2.75) is 12.5 Å². The van der Waals surface area contributed by atoms with Gasteiger partial charge in [0, 0.05) is 18.7 Å². The van der Waals surface area contributed by atoms with Gasteiger partial charge in [-0.3, -0.25) is 9.59 Å². The number of para-hydroxylation sites is 1. The van der Waals surface area contributed by atoms with Gasteiger partial charge in [-0.15, -0.1) is 11.3 Å². The van der Waals surface area contributed by atoms with Crippen LogP contribution in [0.4, 0.5) is 5.69 Å². The van der Waals surface area contributed by atoms with E-state index in [1.165, 1.54) is 16.2 Å². The normalized spacial score (nSPS) is 16.6. The highest BCUT2D eigenvalue weighted by Gasteiger charge is 2.33. The van der Waals surface area contributed by atoms with Crippen molar-refractivity contribution in [3.8, 4) is 0 Å². The molecule has 4 rings (SSSR count). The molecule has 0 saturated carbocycles. The molecule has 9 heteroatoms. The van der Waals surface area contributed by atoms with Gasteiger partial charge in [-0.1, -0.05) is 29.8 Å². The van der Waals surface area contributed by atoms with Gasteiger partial charge in [0.2, 0.25) is 5.91 Å². The van der Waals surface area contributed by atoms with Crippen LogP contribution in [0.5, 0.6) is 0 Å². The second kappa shape index (κ2) is 7.42. The minimum absolute atomic E-state index is 0.148. The summed E-state index contributed by atoms with van der Waals surface area (Å²) in [5.41, 5.74) is 2.85. The number of nitrogens with zero attached hydrogens (tertiary/aromatic N) is 1. The number of halogens is 2. The van der Waals surface area contributed by atoms with Crippen LogP contribution in [0.1, 0.15) is 16.1 Å². The van der Waals surface area contributed by atoms with Crippen molar-refractivity contribution in [1.82, 2.24) is 10.3 Å². The Morgan fingerprint density at radius 1 is 1.44 bits per heavy atom. The summed E-state index contributed by atoms with van der Waals surface area (Å²) in [7, 11) is 0. The number of amides is 2. The molecule has 1 aromatic carbocycles. The molecule has 1 aliphatic rings. The summed E-state index contributed by atoms with van der Waals surface area (Å²) < 4.78 is 1.86. The SMILES string of the molecule is O=C(NC1Cc2ccccc2N(CCO)C1=O)c1cc2sc(I)c(Cl)c2[nH]1. The number of benzene rings is 1. The average molecular weight is 516 g/mol. The zero-order valence-corrected chi connectivity index (χ0v) is 17.7. The lowest BCUT2D eigenvalue weighted by Crippen LogP contribution is -2.53. The van der Waals surface area contributed by atoms with Crippen molar-refractivity contribution < 1.29 is 14.7 Å². The van der Waals surface area contributed by atoms with Crippen LogP contribution >= 0.6 is 45.5 Å². The number of anilines is 1. The first kappa shape index (κ1) is 18.7. The van der Waals surface area contributed by atoms with Gasteiger partial charge in [-0.05, 0) is 40.3 Å². The molecule has 1 aliphatic heterocycles. The van der Waals surface area contributed by atoms with Gasteiger partial charge in [0.25, 0.3) is 5.91 Å². The van der Waals surface area contributed by atoms with E-state index in [1.807, 2.05) is 24.3 Å². The molecule has 0 spiro atoms. The lowest BCUT2D eigenvalue weighted by molar-refractivity contribution is -0.120. The summed E-state index contributed by atoms with van der Waals surface area (Å²) >= 11 is 9.90. The van der Waals surface area contributed by atoms with E-state index < -0.39 is 6.04 Å². The molecular weight excluding hydrogens is 501 g/mol. The molecule has 3 heterocycles. The van der Waals surface area contributed by atoms with E-state index in [0.29, 0.717) is 17.1 Å². The maximum absolute atomic E-state index is 12.8. The van der Waals surface area contributed by atoms with E-state index >= 15 is 0 Å². The molecule has 6 nitrogen and oxygen atoms in total. The molecule has 0 fully saturated rings. The monoisotopic (exact) mass is 515 g/mol. The molecule has 2 aromatic heterocycles. The van der Waals surface area contributed by atoms with E-state index in [9.17, 15) is 14.7 Å². The van der Waals surface area contributed by atoms with Gasteiger partial charge in [-0.25, -0.2) is 0 Å². The third-order valence-corrected chi connectivity index (χ3v) is 7.45. The highest BCUT2D eigenvalue weighted by molar-refractivity contribution is 14.1. The summed E-state index contributed by atoms with van der Waals surface area (Å²) in [5.74, 6) is -0.580. The van der Waals surface area contributed by atoms with Crippen LogP contribution < -0.4 is 10.2 Å². The molecule has 1 atom stereocenters. The van der Waals surface area contributed by atoms with Gasteiger partial charge in [-0.2, -0.15) is 0 Å². The van der Waals surface area contributed by atoms with E-state index in [0.717, 1.165) is 24.4 Å². The number of fused-ring (bicyclic) bond motifs is 2. The van der Waals surface area contributed by atoms with Crippen LogP contribution in [0, 0.1) is 2.88 Å². The fraction of sp³-hybridized carbons (Fsp3) is 0.222. The zero-order valence-electron chi connectivity index (χ0n) is 14.0. The summed E-state index contributed by atoms with van der Waals surface area (Å²) in [6.07, 6.45) is 0.413. The Morgan fingerprint density at radius 3 is 2.96 bits per heavy atom. The predicted molar refractivity (Wildman–Crippen MR) is 115 cm³/mol. The van der Waals surface area contributed by atoms with Gasteiger partial charge >= 0.3 is 0 Å². The van der Waals surface area contributed by atoms with Crippen LogP contribution in [0.3, 0.4) is 0 Å². The minimum atomic E-state index is -0.684. The number of H-pyrrole nitrogens is 1. The molecule has 0 saturated heterocycles. The quantitative estimate of drug-likeness (QED) is 0.467. The number of aromatic amines is 1. The van der Waals surface area contributed by atoms with Crippen molar-refractivity contribution in [1.29, 1.82) is 0 Å². The Morgan fingerprint density at radius 2 is 2.22 bits per heavy atom. The largest absolute Gasteiger partial charge is 0.395 e. The third kappa shape index (κ3) is 3.35. The highest BCUT2D eigenvalue weighted by Crippen LogP contribution is 2.36. The second-order valence-electron chi connectivity index (χ2n) is 6.18. The Balaban J connectivity index is 1.59. The molecule has 27 heavy (non-hydrogen) atoms. The lowest BCUT2D eigenvalue weighted by Gasteiger charge is -2.34. The first-order chi connectivity index (χ1) is 13.0. The smallest absolute Gasteiger partial charge is 0.268 e. The molecular formula is C18H15ClIN3O3S. The first-order valence-corrected chi connectivity index (χ1v) is 10.5. The number of aliphatic hydroxyl groups excluding tert-OH is 1. The van der Waals surface area contributed by atoms with Crippen molar-refractivity contribution in [3.63, 3.8) is 0 Å². The van der Waals surface area contributed by atoms with Gasteiger partial charge < -0.3 is 20.3 Å². The van der Waals surface area contributed by atoms with Crippen LogP contribution in [-0.4, -0.2) is 41.1 Å². The third-order valence-electron chi connectivity index (χ3n) is 4.52. The van der Waals surface area contributed by atoms with E-state index in [4.69, 9.17) is 11.6 Å². The van der Waals surface area contributed by atoms with Crippen molar-refractivity contribution in [2.75, 3.05) is 18.1 Å². The van der Waals surface area contributed by atoms with Gasteiger partial charge in [0.15, 0.2) is 0 Å². The van der Waals surface area contributed by atoms with Crippen LogP contribution in [-0.2, 0) is 11.2 Å². The maximum atomic E-state index is 12.8. The Labute approximate surface area is 177 Å². The molecule has 140 valence electrons. The van der Waals surface area contributed by atoms with Crippen LogP contribution in [0.25, 0.3) is 10.2 Å². The lowest BCUT2D eigenvalue weighted by atomic mass is 9.97. The number of hydrogen-bond donors (Lipinski definition) is 3. The molecule has 3 N–H and O–H groups in total. The Bertz CT molecular complexity index is 1050. The molecule has 0 radical (unpaired) electrons. The highest BCUT2D eigenvalue weighted by atomic mass is 127. The average Bonchev–Trinajstić information content (AvgIpc) is 3.18. The van der Waals surface area contributed by atoms with Crippen LogP contribution in [0.15, 0.2) is 30.3 Å². The van der Waals surface area contributed by atoms with Crippen molar-refractivity contribution >= 4 is 73.2 Å². The molecule has 0 aliphatic carbocycles. The first-order valence-electron chi connectivity index (χ1n) is 8.27. The number of nitrogens with one attached hydrogen (secondary N) is 2. The number of rotatable bonds is 4. The summed E-state index contributed by atoms with van der Waals surface area (Å²) in [4.78, 5) is 30.1. The van der Waals surface area contributed by atoms with Gasteiger partial charge in [0.1, 0.15) is 11.7 Å². The summed E-state index contributed by atoms with van der Waals surface area (Å²) in [5, 5.41) is 12.7. The van der Waals surface area contributed by atoms with E-state index in [-0.39, 0.29) is 25.0 Å². The fourth-order valence-corrected chi connectivity index (χ4v) is 5.40.